The lowest BCUT2D eigenvalue weighted by Crippen LogP contribution is -2.30. The third kappa shape index (κ3) is 2.87. The van der Waals surface area contributed by atoms with Crippen LogP contribution in [0.3, 0.4) is 0 Å². The SMILES string of the molecule is CCCn1nccc1C(NN)c1csc(I)c1. The number of hydrogen-bond acceptors (Lipinski definition) is 4. The van der Waals surface area contributed by atoms with E-state index in [1.54, 1.807) is 11.3 Å². The highest BCUT2D eigenvalue weighted by Gasteiger charge is 2.17. The molecule has 2 aromatic rings. The molecule has 0 aliphatic rings. The first-order valence-corrected chi connectivity index (χ1v) is 7.44. The summed E-state index contributed by atoms with van der Waals surface area (Å²) in [6.45, 7) is 3.06. The Hall–Kier alpha value is -0.440. The highest BCUT2D eigenvalue weighted by Crippen LogP contribution is 2.26. The molecule has 92 valence electrons. The van der Waals surface area contributed by atoms with Gasteiger partial charge in [-0.2, -0.15) is 5.10 Å². The van der Waals surface area contributed by atoms with Crippen LogP contribution in [0.1, 0.15) is 30.6 Å². The van der Waals surface area contributed by atoms with Gasteiger partial charge in [-0.05, 0) is 52.1 Å². The minimum absolute atomic E-state index is 0.0174. The maximum absolute atomic E-state index is 5.68. The van der Waals surface area contributed by atoms with E-state index in [1.807, 2.05) is 16.9 Å². The van der Waals surface area contributed by atoms with Gasteiger partial charge in [0.1, 0.15) is 0 Å². The first kappa shape index (κ1) is 13.0. The second-order valence-electron chi connectivity index (χ2n) is 3.76. The Morgan fingerprint density at radius 1 is 1.65 bits per heavy atom. The molecule has 0 radical (unpaired) electrons. The van der Waals surface area contributed by atoms with Crippen LogP contribution in [0, 0.1) is 2.88 Å². The molecule has 0 saturated heterocycles. The molecular formula is C11H15IN4S. The van der Waals surface area contributed by atoms with E-state index in [9.17, 15) is 0 Å². The molecule has 0 saturated carbocycles. The second-order valence-corrected chi connectivity index (χ2v) is 6.57. The van der Waals surface area contributed by atoms with Gasteiger partial charge in [0.25, 0.3) is 0 Å². The molecule has 0 aliphatic carbocycles. The van der Waals surface area contributed by atoms with Crippen molar-refractivity contribution in [3.63, 3.8) is 0 Å². The van der Waals surface area contributed by atoms with Crippen molar-refractivity contribution in [1.29, 1.82) is 0 Å². The summed E-state index contributed by atoms with van der Waals surface area (Å²) >= 11 is 4.05. The van der Waals surface area contributed by atoms with E-state index < -0.39 is 0 Å². The van der Waals surface area contributed by atoms with E-state index in [0.29, 0.717) is 0 Å². The van der Waals surface area contributed by atoms with Gasteiger partial charge in [-0.3, -0.25) is 10.5 Å². The lowest BCUT2D eigenvalue weighted by molar-refractivity contribution is 0.521. The second kappa shape index (κ2) is 5.94. The Morgan fingerprint density at radius 2 is 2.47 bits per heavy atom. The van der Waals surface area contributed by atoms with Gasteiger partial charge in [-0.25, -0.2) is 5.43 Å². The number of hydrazine groups is 1. The average Bonchev–Trinajstić information content (AvgIpc) is 2.91. The van der Waals surface area contributed by atoms with E-state index in [-0.39, 0.29) is 6.04 Å². The Balaban J connectivity index is 2.31. The van der Waals surface area contributed by atoms with Crippen LogP contribution in [0.4, 0.5) is 0 Å². The van der Waals surface area contributed by atoms with Crippen molar-refractivity contribution in [3.05, 3.63) is 37.9 Å². The quantitative estimate of drug-likeness (QED) is 0.488. The maximum Gasteiger partial charge on any atom is 0.0886 e. The molecule has 4 nitrogen and oxygen atoms in total. The van der Waals surface area contributed by atoms with Crippen LogP contribution >= 0.6 is 33.9 Å². The van der Waals surface area contributed by atoms with E-state index >= 15 is 0 Å². The lowest BCUT2D eigenvalue weighted by Gasteiger charge is -2.16. The fourth-order valence-electron chi connectivity index (χ4n) is 1.81. The molecule has 0 aliphatic heterocycles. The minimum atomic E-state index is 0.0174. The Bertz CT molecular complexity index is 479. The van der Waals surface area contributed by atoms with Gasteiger partial charge >= 0.3 is 0 Å². The molecule has 0 aromatic carbocycles. The van der Waals surface area contributed by atoms with Gasteiger partial charge in [0.05, 0.1) is 14.6 Å². The minimum Gasteiger partial charge on any atom is -0.271 e. The standard InChI is InChI=1S/C11H15IN4S/c1-2-5-16-9(3-4-14-16)11(15-13)8-6-10(12)17-7-8/h3-4,6-7,11,15H,2,5,13H2,1H3. The third-order valence-corrected chi connectivity index (χ3v) is 4.38. The molecule has 0 fully saturated rings. The summed E-state index contributed by atoms with van der Waals surface area (Å²) < 4.78 is 3.27. The van der Waals surface area contributed by atoms with E-state index in [0.717, 1.165) is 18.7 Å². The normalized spacial score (nSPS) is 12.9. The zero-order valence-electron chi connectivity index (χ0n) is 9.56. The molecule has 2 heterocycles. The molecule has 2 rings (SSSR count). The van der Waals surface area contributed by atoms with Crippen LogP contribution in [0.25, 0.3) is 0 Å². The predicted molar refractivity (Wildman–Crippen MR) is 78.7 cm³/mol. The lowest BCUT2D eigenvalue weighted by atomic mass is 10.1. The van der Waals surface area contributed by atoms with Crippen LogP contribution in [0.5, 0.6) is 0 Å². The molecule has 0 amide bonds. The van der Waals surface area contributed by atoms with Crippen molar-refractivity contribution < 1.29 is 0 Å². The summed E-state index contributed by atoms with van der Waals surface area (Å²) in [7, 11) is 0. The number of aromatic nitrogens is 2. The van der Waals surface area contributed by atoms with Crippen LogP contribution in [-0.4, -0.2) is 9.78 Å². The Kier molecular flexibility index (Phi) is 4.55. The molecular weight excluding hydrogens is 347 g/mol. The van der Waals surface area contributed by atoms with Crippen LogP contribution in [0.2, 0.25) is 0 Å². The molecule has 1 unspecified atom stereocenters. The van der Waals surface area contributed by atoms with E-state index in [2.05, 4.69) is 51.5 Å². The number of aryl methyl sites for hydroxylation is 1. The molecule has 1 atom stereocenters. The molecule has 3 N–H and O–H groups in total. The Morgan fingerprint density at radius 3 is 3.06 bits per heavy atom. The molecule has 2 aromatic heterocycles. The largest absolute Gasteiger partial charge is 0.271 e. The Labute approximate surface area is 118 Å². The summed E-state index contributed by atoms with van der Waals surface area (Å²) in [5.74, 6) is 5.68. The van der Waals surface area contributed by atoms with Crippen molar-refractivity contribution in [2.45, 2.75) is 25.9 Å². The van der Waals surface area contributed by atoms with Crippen LogP contribution < -0.4 is 11.3 Å². The fourth-order valence-corrected chi connectivity index (χ4v) is 3.21. The predicted octanol–water partition coefficient (Wildman–Crippen LogP) is 2.51. The van der Waals surface area contributed by atoms with Crippen LogP contribution in [0.15, 0.2) is 23.7 Å². The number of nitrogens with one attached hydrogen (secondary N) is 1. The monoisotopic (exact) mass is 362 g/mol. The summed E-state index contributed by atoms with van der Waals surface area (Å²) in [4.78, 5) is 0. The molecule has 17 heavy (non-hydrogen) atoms. The van der Waals surface area contributed by atoms with Gasteiger partial charge in [0.15, 0.2) is 0 Å². The van der Waals surface area contributed by atoms with Gasteiger partial charge in [-0.15, -0.1) is 11.3 Å². The molecule has 0 spiro atoms. The van der Waals surface area contributed by atoms with Crippen molar-refractivity contribution in [2.24, 2.45) is 5.84 Å². The van der Waals surface area contributed by atoms with E-state index in [1.165, 1.54) is 8.45 Å². The van der Waals surface area contributed by atoms with E-state index in [4.69, 9.17) is 5.84 Å². The number of thiophene rings is 1. The summed E-state index contributed by atoms with van der Waals surface area (Å²) in [6.07, 6.45) is 2.89. The van der Waals surface area contributed by atoms with Gasteiger partial charge < -0.3 is 0 Å². The van der Waals surface area contributed by atoms with Crippen molar-refractivity contribution in [3.8, 4) is 0 Å². The maximum atomic E-state index is 5.68. The van der Waals surface area contributed by atoms with Gasteiger partial charge in [0, 0.05) is 12.7 Å². The highest BCUT2D eigenvalue weighted by atomic mass is 127. The topological polar surface area (TPSA) is 55.9 Å². The molecule has 6 heteroatoms. The fraction of sp³-hybridized carbons (Fsp3) is 0.364. The number of hydrogen-bond donors (Lipinski definition) is 2. The first-order chi connectivity index (χ1) is 8.26. The highest BCUT2D eigenvalue weighted by molar-refractivity contribution is 14.1. The smallest absolute Gasteiger partial charge is 0.0886 e. The third-order valence-electron chi connectivity index (χ3n) is 2.57. The number of nitrogens with two attached hydrogens (primary N) is 1. The summed E-state index contributed by atoms with van der Waals surface area (Å²) in [5, 5.41) is 6.46. The average molecular weight is 362 g/mol. The van der Waals surface area contributed by atoms with Crippen molar-refractivity contribution in [2.75, 3.05) is 0 Å². The van der Waals surface area contributed by atoms with Gasteiger partial charge in [-0.1, -0.05) is 6.92 Å². The number of rotatable bonds is 5. The molecule has 0 bridgehead atoms. The van der Waals surface area contributed by atoms with Crippen molar-refractivity contribution >= 4 is 33.9 Å². The number of halogens is 1. The number of nitrogens with zero attached hydrogens (tertiary/aromatic N) is 2. The van der Waals surface area contributed by atoms with Gasteiger partial charge in [0.2, 0.25) is 0 Å². The first-order valence-electron chi connectivity index (χ1n) is 5.48. The zero-order valence-corrected chi connectivity index (χ0v) is 12.5. The van der Waals surface area contributed by atoms with Crippen LogP contribution in [-0.2, 0) is 6.54 Å². The van der Waals surface area contributed by atoms with Crippen molar-refractivity contribution in [1.82, 2.24) is 15.2 Å². The zero-order chi connectivity index (χ0) is 12.3. The summed E-state index contributed by atoms with van der Waals surface area (Å²) in [6, 6.07) is 4.19. The summed E-state index contributed by atoms with van der Waals surface area (Å²) in [5.41, 5.74) is 5.18.